The van der Waals surface area contributed by atoms with Crippen LogP contribution in [0.3, 0.4) is 0 Å². The number of hydrogen-bond donors (Lipinski definition) is 2. The molecule has 0 radical (unpaired) electrons. The van der Waals surface area contributed by atoms with Crippen molar-refractivity contribution < 1.29 is 18.3 Å². The molecule has 160 valence electrons. The molecule has 0 bridgehead atoms. The van der Waals surface area contributed by atoms with Crippen LogP contribution in [0.5, 0.6) is 5.75 Å². The first-order valence-corrected chi connectivity index (χ1v) is 9.65. The van der Waals surface area contributed by atoms with Crippen molar-refractivity contribution in [2.75, 3.05) is 24.9 Å². The van der Waals surface area contributed by atoms with E-state index in [1.54, 1.807) is 37.4 Å². The van der Waals surface area contributed by atoms with Crippen LogP contribution in [-0.2, 0) is 5.67 Å². The first-order valence-electron chi connectivity index (χ1n) is 9.65. The quantitative estimate of drug-likeness (QED) is 0.546. The fraction of sp³-hybridized carbons (Fsp3) is 0.227. The summed E-state index contributed by atoms with van der Waals surface area (Å²) in [7, 11) is 3.04. The summed E-state index contributed by atoms with van der Waals surface area (Å²) >= 11 is 0. The number of halogens is 2. The van der Waals surface area contributed by atoms with Gasteiger partial charge in [0.05, 0.1) is 24.6 Å². The number of nitrogens with one attached hydrogen (secondary N) is 2. The largest absolute Gasteiger partial charge is 0.494 e. The number of amides is 1. The third-order valence-electron chi connectivity index (χ3n) is 4.98. The second-order valence-electron chi connectivity index (χ2n) is 7.25. The van der Waals surface area contributed by atoms with Crippen LogP contribution in [0, 0.1) is 5.82 Å². The average molecular weight is 425 g/mol. The fourth-order valence-electron chi connectivity index (χ4n) is 3.18. The number of rotatable bonds is 7. The van der Waals surface area contributed by atoms with Gasteiger partial charge in [-0.2, -0.15) is 0 Å². The number of alkyl halides is 1. The zero-order valence-electron chi connectivity index (χ0n) is 17.0. The van der Waals surface area contributed by atoms with Gasteiger partial charge in [0.1, 0.15) is 28.9 Å². The van der Waals surface area contributed by atoms with Crippen LogP contribution in [0.4, 0.5) is 26.1 Å². The molecule has 1 amide bonds. The lowest BCUT2D eigenvalue weighted by Gasteiger charge is -2.23. The molecule has 1 aliphatic rings. The molecule has 0 atom stereocenters. The van der Waals surface area contributed by atoms with Crippen molar-refractivity contribution in [2.45, 2.75) is 18.5 Å². The number of para-hydroxylation sites is 1. The lowest BCUT2D eigenvalue weighted by Crippen LogP contribution is -2.32. The summed E-state index contributed by atoms with van der Waals surface area (Å²) in [6.45, 7) is 0. The highest BCUT2D eigenvalue weighted by molar-refractivity contribution is 5.94. The predicted molar refractivity (Wildman–Crippen MR) is 112 cm³/mol. The Morgan fingerprint density at radius 3 is 2.39 bits per heavy atom. The maximum absolute atomic E-state index is 14.6. The molecule has 1 aliphatic carbocycles. The zero-order chi connectivity index (χ0) is 22.0. The van der Waals surface area contributed by atoms with E-state index in [-0.39, 0.29) is 5.91 Å². The Morgan fingerprint density at radius 2 is 1.81 bits per heavy atom. The van der Waals surface area contributed by atoms with Crippen molar-refractivity contribution in [3.05, 3.63) is 71.8 Å². The van der Waals surface area contributed by atoms with Crippen LogP contribution in [-0.4, -0.2) is 35.0 Å². The minimum absolute atomic E-state index is 0.340. The van der Waals surface area contributed by atoms with Crippen molar-refractivity contribution >= 4 is 23.2 Å². The Hall–Kier alpha value is -3.75. The summed E-state index contributed by atoms with van der Waals surface area (Å²) in [4.78, 5) is 20.9. The van der Waals surface area contributed by atoms with Gasteiger partial charge in [0.2, 0.25) is 0 Å². The van der Waals surface area contributed by atoms with Gasteiger partial charge in [0.25, 0.3) is 5.91 Å². The molecule has 1 aromatic carbocycles. The number of carbonyl (C=O) groups is 1. The van der Waals surface area contributed by atoms with Gasteiger partial charge in [-0.3, -0.25) is 15.2 Å². The number of pyridine rings is 2. The molecule has 1 fully saturated rings. The fourth-order valence-corrected chi connectivity index (χ4v) is 3.18. The minimum Gasteiger partial charge on any atom is -0.494 e. The SMILES string of the molecule is COc1c(NN(C)C(=O)c2ccc(Nc3ccc(F)cn3)nc2)cccc1C1(F)CC1. The monoisotopic (exact) mass is 425 g/mol. The summed E-state index contributed by atoms with van der Waals surface area (Å²) in [6, 6.07) is 11.1. The van der Waals surface area contributed by atoms with Crippen molar-refractivity contribution in [1.29, 1.82) is 0 Å². The number of hydrazine groups is 1. The van der Waals surface area contributed by atoms with Gasteiger partial charge in [-0.05, 0) is 43.2 Å². The molecule has 3 aromatic rings. The average Bonchev–Trinajstić information content (AvgIpc) is 3.53. The van der Waals surface area contributed by atoms with Crippen molar-refractivity contribution in [2.24, 2.45) is 0 Å². The molecular weight excluding hydrogens is 404 g/mol. The van der Waals surface area contributed by atoms with Gasteiger partial charge < -0.3 is 10.1 Å². The molecule has 0 unspecified atom stereocenters. The van der Waals surface area contributed by atoms with Gasteiger partial charge in [0, 0.05) is 18.8 Å². The second-order valence-corrected chi connectivity index (χ2v) is 7.25. The first-order chi connectivity index (χ1) is 14.9. The highest BCUT2D eigenvalue weighted by Gasteiger charge is 2.47. The van der Waals surface area contributed by atoms with E-state index in [2.05, 4.69) is 20.7 Å². The van der Waals surface area contributed by atoms with Crippen LogP contribution >= 0.6 is 0 Å². The van der Waals surface area contributed by atoms with Gasteiger partial charge in [0.15, 0.2) is 0 Å². The molecular formula is C22H21F2N5O2. The number of benzene rings is 1. The van der Waals surface area contributed by atoms with E-state index < -0.39 is 11.5 Å². The molecule has 31 heavy (non-hydrogen) atoms. The van der Waals surface area contributed by atoms with Crippen molar-refractivity contribution in [3.63, 3.8) is 0 Å². The lowest BCUT2D eigenvalue weighted by atomic mass is 10.1. The predicted octanol–water partition coefficient (Wildman–Crippen LogP) is 4.43. The standard InChI is InChI=1S/C22H21F2N5O2/c1-29(28-17-5-3-4-16(20(17)31-2)22(24)10-11-22)21(30)14-6-8-18(25-12-14)27-19-9-7-15(23)13-26-19/h3-9,12-13,28H,10-11H2,1-2H3,(H,25,26,27). The summed E-state index contributed by atoms with van der Waals surface area (Å²) in [5.74, 6) is 0.494. The van der Waals surface area contributed by atoms with E-state index in [0.29, 0.717) is 47.0 Å². The van der Waals surface area contributed by atoms with Crippen LogP contribution in [0.2, 0.25) is 0 Å². The highest BCUT2D eigenvalue weighted by atomic mass is 19.1. The summed E-state index contributed by atoms with van der Waals surface area (Å²) in [5.41, 5.74) is 2.91. The number of nitrogens with zero attached hydrogens (tertiary/aromatic N) is 3. The molecule has 0 spiro atoms. The lowest BCUT2D eigenvalue weighted by molar-refractivity contribution is 0.0825. The minimum atomic E-state index is -1.36. The Morgan fingerprint density at radius 1 is 1.10 bits per heavy atom. The Labute approximate surface area is 178 Å². The third-order valence-corrected chi connectivity index (χ3v) is 4.98. The highest BCUT2D eigenvalue weighted by Crippen LogP contribution is 2.53. The van der Waals surface area contributed by atoms with Crippen LogP contribution in [0.1, 0.15) is 28.8 Å². The number of anilines is 3. The summed E-state index contributed by atoms with van der Waals surface area (Å²) < 4.78 is 33.0. The summed E-state index contributed by atoms with van der Waals surface area (Å²) in [5, 5.41) is 4.21. The van der Waals surface area contributed by atoms with Crippen molar-refractivity contribution in [3.8, 4) is 5.75 Å². The van der Waals surface area contributed by atoms with Crippen LogP contribution < -0.4 is 15.5 Å². The Balaban J connectivity index is 1.45. The number of methoxy groups -OCH3 is 1. The Bertz CT molecular complexity index is 1090. The topological polar surface area (TPSA) is 79.4 Å². The van der Waals surface area contributed by atoms with Crippen LogP contribution in [0.25, 0.3) is 0 Å². The summed E-state index contributed by atoms with van der Waals surface area (Å²) in [6.07, 6.45) is 3.43. The van der Waals surface area contributed by atoms with Crippen molar-refractivity contribution in [1.82, 2.24) is 15.0 Å². The zero-order valence-corrected chi connectivity index (χ0v) is 17.0. The van der Waals surface area contributed by atoms with E-state index in [4.69, 9.17) is 4.74 Å². The van der Waals surface area contributed by atoms with E-state index in [1.165, 1.54) is 30.4 Å². The molecule has 1 saturated carbocycles. The van der Waals surface area contributed by atoms with Gasteiger partial charge in [-0.15, -0.1) is 0 Å². The number of carbonyl (C=O) groups excluding carboxylic acids is 1. The molecule has 2 heterocycles. The molecule has 0 saturated heterocycles. The van der Waals surface area contributed by atoms with Gasteiger partial charge >= 0.3 is 0 Å². The first kappa shape index (κ1) is 20.5. The molecule has 4 rings (SSSR count). The van der Waals surface area contributed by atoms with E-state index in [9.17, 15) is 13.6 Å². The van der Waals surface area contributed by atoms with Gasteiger partial charge in [-0.25, -0.2) is 18.7 Å². The van der Waals surface area contributed by atoms with E-state index in [0.717, 1.165) is 6.20 Å². The van der Waals surface area contributed by atoms with E-state index >= 15 is 0 Å². The molecule has 7 nitrogen and oxygen atoms in total. The second kappa shape index (κ2) is 8.17. The third kappa shape index (κ3) is 4.40. The molecule has 0 aliphatic heterocycles. The molecule has 2 aromatic heterocycles. The number of hydrogen-bond acceptors (Lipinski definition) is 6. The normalized spacial score (nSPS) is 13.9. The maximum Gasteiger partial charge on any atom is 0.273 e. The smallest absolute Gasteiger partial charge is 0.273 e. The maximum atomic E-state index is 14.6. The van der Waals surface area contributed by atoms with Gasteiger partial charge in [-0.1, -0.05) is 12.1 Å². The number of ether oxygens (including phenoxy) is 1. The van der Waals surface area contributed by atoms with Crippen LogP contribution in [0.15, 0.2) is 54.9 Å². The Kier molecular flexibility index (Phi) is 5.41. The molecule has 2 N–H and O–H groups in total. The van der Waals surface area contributed by atoms with E-state index in [1.807, 2.05) is 0 Å². The number of aromatic nitrogens is 2. The molecule has 9 heteroatoms.